The highest BCUT2D eigenvalue weighted by Gasteiger charge is 2.32. The van der Waals surface area contributed by atoms with E-state index in [1.54, 1.807) is 19.1 Å². The molecule has 1 aliphatic rings. The molecule has 0 atom stereocenters. The summed E-state index contributed by atoms with van der Waals surface area (Å²) in [6, 6.07) is 6.04. The van der Waals surface area contributed by atoms with Crippen molar-refractivity contribution in [1.82, 2.24) is 9.29 Å². The number of sulfonamides is 1. The third-order valence-corrected chi connectivity index (χ3v) is 7.96. The Morgan fingerprint density at radius 2 is 1.82 bits per heavy atom. The number of nitrogens with zero attached hydrogens (tertiary/aromatic N) is 2. The molecule has 1 fully saturated rings. The zero-order valence-electron chi connectivity index (χ0n) is 15.4. The fraction of sp³-hybridized carbons (Fsp3) is 0.389. The van der Waals surface area contributed by atoms with E-state index in [0.717, 1.165) is 11.3 Å². The van der Waals surface area contributed by atoms with Gasteiger partial charge in [0.15, 0.2) is 10.9 Å². The van der Waals surface area contributed by atoms with Gasteiger partial charge in [-0.25, -0.2) is 13.4 Å². The second-order valence-electron chi connectivity index (χ2n) is 6.61. The first-order chi connectivity index (χ1) is 13.2. The number of carbonyl (C=O) groups excluding carboxylic acids is 2. The Bertz CT molecular complexity index is 994. The van der Waals surface area contributed by atoms with Gasteiger partial charge in [0.1, 0.15) is 0 Å². The number of rotatable bonds is 5. The van der Waals surface area contributed by atoms with Crippen molar-refractivity contribution in [1.29, 1.82) is 0 Å². The molecular formula is C18H20ClN3O4S2. The van der Waals surface area contributed by atoms with Crippen LogP contribution in [0.15, 0.2) is 29.2 Å². The van der Waals surface area contributed by atoms with E-state index in [-0.39, 0.29) is 35.6 Å². The van der Waals surface area contributed by atoms with Gasteiger partial charge in [-0.3, -0.25) is 9.59 Å². The Balaban J connectivity index is 1.61. The van der Waals surface area contributed by atoms with E-state index in [4.69, 9.17) is 11.6 Å². The minimum atomic E-state index is -3.60. The number of benzene rings is 1. The zero-order chi connectivity index (χ0) is 20.5. The molecule has 3 rings (SSSR count). The molecule has 150 valence electrons. The van der Waals surface area contributed by atoms with Crippen LogP contribution in [0.1, 0.15) is 35.1 Å². The lowest BCUT2D eigenvalue weighted by molar-refractivity contribution is -0.120. The molecule has 2 aromatic rings. The molecule has 1 N–H and O–H groups in total. The van der Waals surface area contributed by atoms with Crippen molar-refractivity contribution in [2.75, 3.05) is 18.4 Å². The molecule has 28 heavy (non-hydrogen) atoms. The minimum absolute atomic E-state index is 0.0868. The van der Waals surface area contributed by atoms with Crippen molar-refractivity contribution in [2.45, 2.75) is 31.6 Å². The lowest BCUT2D eigenvalue weighted by Crippen LogP contribution is -2.41. The molecule has 0 saturated carbocycles. The van der Waals surface area contributed by atoms with E-state index in [1.165, 1.54) is 23.4 Å². The van der Waals surface area contributed by atoms with Crippen LogP contribution in [0.25, 0.3) is 0 Å². The van der Waals surface area contributed by atoms with E-state index >= 15 is 0 Å². The van der Waals surface area contributed by atoms with Crippen LogP contribution < -0.4 is 5.32 Å². The van der Waals surface area contributed by atoms with Gasteiger partial charge in [-0.1, -0.05) is 22.9 Å². The van der Waals surface area contributed by atoms with Gasteiger partial charge >= 0.3 is 0 Å². The fourth-order valence-corrected chi connectivity index (χ4v) is 5.56. The Morgan fingerprint density at radius 1 is 1.21 bits per heavy atom. The standard InChI is InChI=1S/C18H20ClN3O4S2/c1-11-16(12(2)23)27-18(20-11)21-17(24)13-7-9-22(10-8-13)28(25,26)15-5-3-14(19)4-6-15/h3-6,13H,7-10H2,1-2H3,(H,20,21,24). The molecule has 0 spiro atoms. The molecule has 7 nitrogen and oxygen atoms in total. The number of nitrogens with one attached hydrogen (secondary N) is 1. The lowest BCUT2D eigenvalue weighted by atomic mass is 9.97. The fourth-order valence-electron chi connectivity index (χ4n) is 3.10. The third kappa shape index (κ3) is 4.43. The summed E-state index contributed by atoms with van der Waals surface area (Å²) < 4.78 is 26.8. The van der Waals surface area contributed by atoms with Gasteiger partial charge in [0, 0.05) is 31.0 Å². The number of hydrogen-bond acceptors (Lipinski definition) is 6. The van der Waals surface area contributed by atoms with Crippen LogP contribution in [0.2, 0.25) is 5.02 Å². The normalized spacial score (nSPS) is 16.1. The van der Waals surface area contributed by atoms with Gasteiger partial charge in [0.2, 0.25) is 15.9 Å². The molecule has 1 aromatic carbocycles. The van der Waals surface area contributed by atoms with Gasteiger partial charge in [0.25, 0.3) is 0 Å². The van der Waals surface area contributed by atoms with Gasteiger partial charge in [-0.2, -0.15) is 4.31 Å². The predicted octanol–water partition coefficient (Wildman–Crippen LogP) is 3.35. The van der Waals surface area contributed by atoms with Crippen molar-refractivity contribution < 1.29 is 18.0 Å². The maximum Gasteiger partial charge on any atom is 0.243 e. The zero-order valence-corrected chi connectivity index (χ0v) is 17.8. The molecule has 1 aromatic heterocycles. The number of amides is 1. The third-order valence-electron chi connectivity index (χ3n) is 4.62. The number of aromatic nitrogens is 1. The molecule has 0 unspecified atom stereocenters. The SMILES string of the molecule is CC(=O)c1sc(NC(=O)C2CCN(S(=O)(=O)c3ccc(Cl)cc3)CC2)nc1C. The summed E-state index contributed by atoms with van der Waals surface area (Å²) in [5, 5.41) is 3.62. The summed E-state index contributed by atoms with van der Waals surface area (Å²) in [5.41, 5.74) is 0.594. The monoisotopic (exact) mass is 441 g/mol. The van der Waals surface area contributed by atoms with Crippen LogP contribution in [-0.2, 0) is 14.8 Å². The van der Waals surface area contributed by atoms with Crippen molar-refractivity contribution in [3.63, 3.8) is 0 Å². The Kier molecular flexibility index (Phi) is 6.18. The number of hydrogen-bond donors (Lipinski definition) is 1. The number of Topliss-reactive ketones (excluding diaryl/α,β-unsaturated/α-hetero) is 1. The number of ketones is 1. The number of halogens is 1. The molecular weight excluding hydrogens is 422 g/mol. The van der Waals surface area contributed by atoms with E-state index in [0.29, 0.717) is 33.6 Å². The van der Waals surface area contributed by atoms with Crippen molar-refractivity contribution in [3.05, 3.63) is 39.9 Å². The summed E-state index contributed by atoms with van der Waals surface area (Å²) in [5.74, 6) is -0.592. The molecule has 1 aliphatic heterocycles. The van der Waals surface area contributed by atoms with Crippen LogP contribution in [-0.4, -0.2) is 42.5 Å². The van der Waals surface area contributed by atoms with Gasteiger partial charge in [-0.15, -0.1) is 0 Å². The van der Waals surface area contributed by atoms with Crippen molar-refractivity contribution in [2.24, 2.45) is 5.92 Å². The molecule has 1 saturated heterocycles. The largest absolute Gasteiger partial charge is 0.302 e. The molecule has 0 radical (unpaired) electrons. The first kappa shape index (κ1) is 20.9. The lowest BCUT2D eigenvalue weighted by Gasteiger charge is -2.30. The molecule has 0 aliphatic carbocycles. The van der Waals surface area contributed by atoms with E-state index in [1.807, 2.05) is 0 Å². The Morgan fingerprint density at radius 3 is 2.36 bits per heavy atom. The number of piperidine rings is 1. The second kappa shape index (κ2) is 8.28. The van der Waals surface area contributed by atoms with E-state index < -0.39 is 10.0 Å². The van der Waals surface area contributed by atoms with Gasteiger partial charge < -0.3 is 5.32 Å². The number of anilines is 1. The maximum atomic E-state index is 12.7. The quantitative estimate of drug-likeness (QED) is 0.717. The van der Waals surface area contributed by atoms with Crippen LogP contribution >= 0.6 is 22.9 Å². The average molecular weight is 442 g/mol. The minimum Gasteiger partial charge on any atom is -0.302 e. The summed E-state index contributed by atoms with van der Waals surface area (Å²) in [6.45, 7) is 3.71. The highest BCUT2D eigenvalue weighted by molar-refractivity contribution is 7.89. The average Bonchev–Trinajstić information content (AvgIpc) is 3.02. The number of thiazole rings is 1. The molecule has 1 amide bonds. The van der Waals surface area contributed by atoms with Crippen LogP contribution in [0, 0.1) is 12.8 Å². The van der Waals surface area contributed by atoms with Crippen molar-refractivity contribution in [3.8, 4) is 0 Å². The number of carbonyl (C=O) groups is 2. The van der Waals surface area contributed by atoms with Gasteiger partial charge in [-0.05, 0) is 44.0 Å². The summed E-state index contributed by atoms with van der Waals surface area (Å²) >= 11 is 6.97. The second-order valence-corrected chi connectivity index (χ2v) is 9.98. The predicted molar refractivity (Wildman–Crippen MR) is 108 cm³/mol. The van der Waals surface area contributed by atoms with Gasteiger partial charge in [0.05, 0.1) is 15.5 Å². The highest BCUT2D eigenvalue weighted by Crippen LogP contribution is 2.27. The first-order valence-electron chi connectivity index (χ1n) is 8.73. The van der Waals surface area contributed by atoms with Crippen LogP contribution in [0.4, 0.5) is 5.13 Å². The van der Waals surface area contributed by atoms with Crippen molar-refractivity contribution >= 4 is 49.8 Å². The summed E-state index contributed by atoms with van der Waals surface area (Å²) in [7, 11) is -3.60. The van der Waals surface area contributed by atoms with E-state index in [2.05, 4.69) is 10.3 Å². The molecule has 0 bridgehead atoms. The smallest absolute Gasteiger partial charge is 0.243 e. The van der Waals surface area contributed by atoms with E-state index in [9.17, 15) is 18.0 Å². The van der Waals surface area contributed by atoms with Crippen LogP contribution in [0.5, 0.6) is 0 Å². The molecule has 2 heterocycles. The maximum absolute atomic E-state index is 12.7. The summed E-state index contributed by atoms with van der Waals surface area (Å²) in [4.78, 5) is 29.0. The Labute approximate surface area is 172 Å². The topological polar surface area (TPSA) is 96.4 Å². The Hall–Kier alpha value is -1.81. The highest BCUT2D eigenvalue weighted by atomic mass is 35.5. The first-order valence-corrected chi connectivity index (χ1v) is 11.4. The summed E-state index contributed by atoms with van der Waals surface area (Å²) in [6.07, 6.45) is 0.838. The van der Waals surface area contributed by atoms with Crippen LogP contribution in [0.3, 0.4) is 0 Å². The molecule has 10 heteroatoms. The number of aryl methyl sites for hydroxylation is 1.